The first-order valence-electron chi connectivity index (χ1n) is 5.82. The van der Waals surface area contributed by atoms with Crippen LogP contribution in [0.5, 0.6) is 0 Å². The predicted molar refractivity (Wildman–Crippen MR) is 76.8 cm³/mol. The molecule has 0 spiro atoms. The lowest BCUT2D eigenvalue weighted by Crippen LogP contribution is -1.96. The van der Waals surface area contributed by atoms with Gasteiger partial charge >= 0.3 is 0 Å². The highest BCUT2D eigenvalue weighted by molar-refractivity contribution is 6.30. The van der Waals surface area contributed by atoms with Gasteiger partial charge in [0.25, 0.3) is 0 Å². The van der Waals surface area contributed by atoms with Crippen molar-refractivity contribution in [3.63, 3.8) is 0 Å². The molecule has 0 radical (unpaired) electrons. The van der Waals surface area contributed by atoms with Crippen molar-refractivity contribution in [1.82, 2.24) is 15.0 Å². The first kappa shape index (κ1) is 11.9. The Morgan fingerprint density at radius 2 is 2.00 bits per heavy atom. The smallest absolute Gasteiger partial charge is 0.143 e. The number of hydrogen-bond acceptors (Lipinski definition) is 4. The Bertz CT molecular complexity index is 742. The quantitative estimate of drug-likeness (QED) is 0.771. The van der Waals surface area contributed by atoms with Gasteiger partial charge in [0, 0.05) is 22.6 Å². The summed E-state index contributed by atoms with van der Waals surface area (Å²) in [4.78, 5) is 12.8. The van der Waals surface area contributed by atoms with Crippen molar-refractivity contribution in [3.8, 4) is 0 Å². The zero-order valence-electron chi connectivity index (χ0n) is 10.3. The molecule has 1 aromatic carbocycles. The van der Waals surface area contributed by atoms with Crippen molar-refractivity contribution < 1.29 is 0 Å². The molecule has 0 fully saturated rings. The Morgan fingerprint density at radius 3 is 2.84 bits per heavy atom. The molecule has 0 aliphatic heterocycles. The van der Waals surface area contributed by atoms with E-state index in [0.717, 1.165) is 28.1 Å². The van der Waals surface area contributed by atoms with E-state index in [4.69, 9.17) is 11.6 Å². The topological polar surface area (TPSA) is 50.7 Å². The molecule has 94 valence electrons. The van der Waals surface area contributed by atoms with Crippen molar-refractivity contribution >= 4 is 34.0 Å². The zero-order chi connectivity index (χ0) is 13.2. The van der Waals surface area contributed by atoms with Gasteiger partial charge in [0.1, 0.15) is 12.1 Å². The van der Waals surface area contributed by atoms with E-state index in [1.165, 1.54) is 6.33 Å². The van der Waals surface area contributed by atoms with Gasteiger partial charge in [0.2, 0.25) is 0 Å². The molecule has 19 heavy (non-hydrogen) atoms. The van der Waals surface area contributed by atoms with Crippen molar-refractivity contribution in [1.29, 1.82) is 0 Å². The summed E-state index contributed by atoms with van der Waals surface area (Å²) in [6.07, 6.45) is 3.31. The van der Waals surface area contributed by atoms with Crippen molar-refractivity contribution in [3.05, 3.63) is 53.6 Å². The zero-order valence-corrected chi connectivity index (χ0v) is 11.0. The number of aromatic nitrogens is 3. The summed E-state index contributed by atoms with van der Waals surface area (Å²) in [6, 6.07) is 9.42. The molecular formula is C14H11ClN4. The molecule has 5 heteroatoms. The monoisotopic (exact) mass is 270 g/mol. The van der Waals surface area contributed by atoms with Crippen LogP contribution in [0.4, 0.5) is 11.5 Å². The van der Waals surface area contributed by atoms with E-state index < -0.39 is 0 Å². The Morgan fingerprint density at radius 1 is 1.11 bits per heavy atom. The highest BCUT2D eigenvalue weighted by atomic mass is 35.5. The van der Waals surface area contributed by atoms with Crippen molar-refractivity contribution in [2.45, 2.75) is 6.92 Å². The lowest BCUT2D eigenvalue weighted by molar-refractivity contribution is 1.17. The van der Waals surface area contributed by atoms with Gasteiger partial charge in [0.05, 0.1) is 10.9 Å². The number of benzene rings is 1. The Labute approximate surface area is 115 Å². The second kappa shape index (κ2) is 4.82. The highest BCUT2D eigenvalue weighted by Crippen LogP contribution is 2.24. The Hall–Kier alpha value is -2.20. The van der Waals surface area contributed by atoms with Crippen LogP contribution in [0.25, 0.3) is 10.9 Å². The Kier molecular flexibility index (Phi) is 3.01. The maximum absolute atomic E-state index is 5.96. The maximum Gasteiger partial charge on any atom is 0.143 e. The molecule has 2 aromatic heterocycles. The van der Waals surface area contributed by atoms with Crippen LogP contribution < -0.4 is 5.32 Å². The van der Waals surface area contributed by atoms with Crippen molar-refractivity contribution in [2.75, 3.05) is 5.32 Å². The second-order valence-electron chi connectivity index (χ2n) is 4.20. The molecule has 4 nitrogen and oxygen atoms in total. The average Bonchev–Trinajstić information content (AvgIpc) is 2.38. The summed E-state index contributed by atoms with van der Waals surface area (Å²) in [7, 11) is 0. The SMILES string of the molecule is Cc1cc2ncnc(Nc3cccc(Cl)c3)c2cn1. The first-order chi connectivity index (χ1) is 9.22. The van der Waals surface area contributed by atoms with Crippen LogP contribution in [0.1, 0.15) is 5.69 Å². The van der Waals surface area contributed by atoms with Gasteiger partial charge in [-0.2, -0.15) is 0 Å². The average molecular weight is 271 g/mol. The number of anilines is 2. The second-order valence-corrected chi connectivity index (χ2v) is 4.64. The summed E-state index contributed by atoms with van der Waals surface area (Å²) in [5, 5.41) is 4.79. The Balaban J connectivity index is 2.06. The van der Waals surface area contributed by atoms with Crippen LogP contribution in [0.3, 0.4) is 0 Å². The number of nitrogens with one attached hydrogen (secondary N) is 1. The summed E-state index contributed by atoms with van der Waals surface area (Å²) < 4.78 is 0. The molecule has 2 heterocycles. The van der Waals surface area contributed by atoms with Crippen LogP contribution in [0.2, 0.25) is 5.02 Å². The van der Waals surface area contributed by atoms with Gasteiger partial charge in [-0.3, -0.25) is 4.98 Å². The normalized spacial score (nSPS) is 10.6. The number of rotatable bonds is 2. The standard InChI is InChI=1S/C14H11ClN4/c1-9-5-13-12(7-16-9)14(18-8-17-13)19-11-4-2-3-10(15)6-11/h2-8H,1H3,(H,17,18,19). The van der Waals surface area contributed by atoms with E-state index in [0.29, 0.717) is 5.02 Å². The van der Waals surface area contributed by atoms with Gasteiger partial charge in [-0.1, -0.05) is 17.7 Å². The van der Waals surface area contributed by atoms with Gasteiger partial charge in [0.15, 0.2) is 0 Å². The summed E-state index contributed by atoms with van der Waals surface area (Å²) in [5.41, 5.74) is 2.68. The summed E-state index contributed by atoms with van der Waals surface area (Å²) >= 11 is 5.96. The van der Waals surface area contributed by atoms with E-state index in [9.17, 15) is 0 Å². The molecule has 0 aliphatic rings. The number of fused-ring (bicyclic) bond motifs is 1. The largest absolute Gasteiger partial charge is 0.340 e. The number of pyridine rings is 1. The molecule has 0 saturated carbocycles. The number of halogens is 1. The fraction of sp³-hybridized carbons (Fsp3) is 0.0714. The first-order valence-corrected chi connectivity index (χ1v) is 6.20. The third-order valence-corrected chi connectivity index (χ3v) is 2.98. The van der Waals surface area contributed by atoms with Gasteiger partial charge < -0.3 is 5.32 Å². The van der Waals surface area contributed by atoms with E-state index in [1.54, 1.807) is 6.20 Å². The van der Waals surface area contributed by atoms with Gasteiger partial charge in [-0.25, -0.2) is 9.97 Å². The van der Waals surface area contributed by atoms with Gasteiger partial charge in [-0.05, 0) is 31.2 Å². The molecular weight excluding hydrogens is 260 g/mol. The summed E-state index contributed by atoms with van der Waals surface area (Å²) in [5.74, 6) is 0.722. The van der Waals surface area contributed by atoms with E-state index >= 15 is 0 Å². The van der Waals surface area contributed by atoms with E-state index in [-0.39, 0.29) is 0 Å². The third kappa shape index (κ3) is 2.48. The fourth-order valence-corrected chi connectivity index (χ4v) is 2.05. The minimum Gasteiger partial charge on any atom is -0.340 e. The number of aryl methyl sites for hydroxylation is 1. The van der Waals surface area contributed by atoms with Crippen molar-refractivity contribution in [2.24, 2.45) is 0 Å². The molecule has 0 bridgehead atoms. The van der Waals surface area contributed by atoms with Crippen LogP contribution in [0.15, 0.2) is 42.9 Å². The highest BCUT2D eigenvalue weighted by Gasteiger charge is 2.05. The maximum atomic E-state index is 5.96. The van der Waals surface area contributed by atoms with Crippen LogP contribution in [-0.2, 0) is 0 Å². The molecule has 0 atom stereocenters. The molecule has 0 amide bonds. The lowest BCUT2D eigenvalue weighted by Gasteiger charge is -2.08. The van der Waals surface area contributed by atoms with E-state index in [2.05, 4.69) is 20.3 Å². The minimum absolute atomic E-state index is 0.678. The molecule has 0 saturated heterocycles. The predicted octanol–water partition coefficient (Wildman–Crippen LogP) is 3.73. The van der Waals surface area contributed by atoms with Crippen LogP contribution in [-0.4, -0.2) is 15.0 Å². The molecule has 0 unspecified atom stereocenters. The number of nitrogens with zero attached hydrogens (tertiary/aromatic N) is 3. The van der Waals surface area contributed by atoms with Gasteiger partial charge in [-0.15, -0.1) is 0 Å². The molecule has 3 rings (SSSR count). The van der Waals surface area contributed by atoms with E-state index in [1.807, 2.05) is 37.3 Å². The molecule has 0 aliphatic carbocycles. The molecule has 3 aromatic rings. The van der Waals surface area contributed by atoms with Crippen LogP contribution >= 0.6 is 11.6 Å². The lowest BCUT2D eigenvalue weighted by atomic mass is 10.2. The minimum atomic E-state index is 0.678. The van der Waals surface area contributed by atoms with Crippen LogP contribution in [0, 0.1) is 6.92 Å². The number of hydrogen-bond donors (Lipinski definition) is 1. The molecule has 1 N–H and O–H groups in total. The summed E-state index contributed by atoms with van der Waals surface area (Å²) in [6.45, 7) is 1.94. The third-order valence-electron chi connectivity index (χ3n) is 2.74. The fourth-order valence-electron chi connectivity index (χ4n) is 1.86.